The van der Waals surface area contributed by atoms with E-state index in [-0.39, 0.29) is 71.6 Å². The fourth-order valence-electron chi connectivity index (χ4n) is 0. The third-order valence-corrected chi connectivity index (χ3v) is 0. The number of rotatable bonds is 0. The first-order valence-corrected chi connectivity index (χ1v) is 0. The molecule has 0 spiro atoms. The second-order valence-electron chi connectivity index (χ2n) is 0. The van der Waals surface area contributed by atoms with Gasteiger partial charge in [0.05, 0.1) is 0 Å². The van der Waals surface area contributed by atoms with Crippen LogP contribution in [0.1, 0.15) is 0 Å². The summed E-state index contributed by atoms with van der Waals surface area (Å²) in [5, 5.41) is 0. The Labute approximate surface area is 70.9 Å². The summed E-state index contributed by atoms with van der Waals surface area (Å²) in [6.45, 7) is 0. The molecule has 0 amide bonds. The van der Waals surface area contributed by atoms with E-state index in [4.69, 9.17) is 0 Å². The van der Waals surface area contributed by atoms with Crippen LogP contribution in [0, 0.1) is 0 Å². The maximum atomic E-state index is 0. The van der Waals surface area contributed by atoms with Crippen LogP contribution in [0.25, 0.3) is 0 Å². The third kappa shape index (κ3) is 8.91. The zero-order valence-electron chi connectivity index (χ0n) is 1.29. The standard InChI is InChI=1S/Cr.Mn.H4Si.Zr/h;;1H4;. The van der Waals surface area contributed by atoms with E-state index in [1.807, 2.05) is 0 Å². The molecule has 0 rings (SSSR count). The van der Waals surface area contributed by atoms with Crippen molar-refractivity contribution >= 4 is 11.0 Å². The maximum Gasteiger partial charge on any atom is 0 e. The summed E-state index contributed by atoms with van der Waals surface area (Å²) in [7, 11) is 0. The van der Waals surface area contributed by atoms with E-state index >= 15 is 0 Å². The third-order valence-electron chi connectivity index (χ3n) is 0. The average Bonchev–Trinajstić information content (AvgIpc) is 0. The van der Waals surface area contributed by atoms with Crippen molar-refractivity contribution in [2.75, 3.05) is 0 Å². The van der Waals surface area contributed by atoms with E-state index in [1.165, 1.54) is 0 Å². The van der Waals surface area contributed by atoms with Gasteiger partial charge in [-0.1, -0.05) is 0 Å². The van der Waals surface area contributed by atoms with Crippen LogP contribution in [0.3, 0.4) is 0 Å². The van der Waals surface area contributed by atoms with Crippen LogP contribution in [0.5, 0.6) is 0 Å². The quantitative estimate of drug-likeness (QED) is 0.446. The molecule has 0 saturated heterocycles. The molecule has 0 saturated carbocycles. The van der Waals surface area contributed by atoms with Crippen molar-refractivity contribution in [2.24, 2.45) is 0 Å². The molecule has 0 nitrogen and oxygen atoms in total. The molecule has 0 heterocycles. The topological polar surface area (TPSA) is 0 Å². The van der Waals surface area contributed by atoms with Gasteiger partial charge in [-0.2, -0.15) is 0 Å². The summed E-state index contributed by atoms with van der Waals surface area (Å²) in [5.74, 6) is 0. The van der Waals surface area contributed by atoms with Crippen LogP contribution in [-0.2, 0) is 60.6 Å². The Kier molecular flexibility index (Phi) is 169. The van der Waals surface area contributed by atoms with Crippen molar-refractivity contribution in [1.29, 1.82) is 0 Å². The van der Waals surface area contributed by atoms with Crippen molar-refractivity contribution < 1.29 is 60.6 Å². The molecule has 0 aromatic rings. The van der Waals surface area contributed by atoms with E-state index < -0.39 is 0 Å². The summed E-state index contributed by atoms with van der Waals surface area (Å²) in [4.78, 5) is 0. The van der Waals surface area contributed by atoms with E-state index in [9.17, 15) is 0 Å². The summed E-state index contributed by atoms with van der Waals surface area (Å²) < 4.78 is 0. The minimum Gasteiger partial charge on any atom is -0.0149 e. The van der Waals surface area contributed by atoms with Crippen LogP contribution in [0.2, 0.25) is 0 Å². The average molecular weight is 230 g/mol. The minimum absolute atomic E-state index is 0. The van der Waals surface area contributed by atoms with Crippen LogP contribution >= 0.6 is 0 Å². The molecule has 1 radical (unpaired) electrons. The molecule has 0 aliphatic carbocycles. The van der Waals surface area contributed by atoms with Gasteiger partial charge in [-0.15, -0.1) is 0 Å². The molecule has 4 heteroatoms. The van der Waals surface area contributed by atoms with Crippen molar-refractivity contribution in [3.8, 4) is 0 Å². The first kappa shape index (κ1) is 35.3. The molecule has 0 aliphatic heterocycles. The van der Waals surface area contributed by atoms with Crippen LogP contribution < -0.4 is 0 Å². The molecule has 0 N–H and O–H groups in total. The van der Waals surface area contributed by atoms with Gasteiger partial charge in [0, 0.05) is 60.6 Å². The van der Waals surface area contributed by atoms with E-state index in [1.54, 1.807) is 0 Å². The van der Waals surface area contributed by atoms with E-state index in [0.717, 1.165) is 0 Å². The Morgan fingerprint density at radius 1 is 1.00 bits per heavy atom. The fraction of sp³-hybridized carbons (Fsp3) is 0. The van der Waals surface area contributed by atoms with Crippen LogP contribution in [0.15, 0.2) is 0 Å². The first-order valence-electron chi connectivity index (χ1n) is 0. The second-order valence-corrected chi connectivity index (χ2v) is 0. The van der Waals surface area contributed by atoms with Crippen molar-refractivity contribution in [1.82, 2.24) is 0 Å². The predicted molar refractivity (Wildman–Crippen MR) is 11.3 cm³/mol. The van der Waals surface area contributed by atoms with Crippen molar-refractivity contribution in [3.05, 3.63) is 0 Å². The van der Waals surface area contributed by atoms with Gasteiger partial charge in [0.15, 0.2) is 0 Å². The second kappa shape index (κ2) is 19.2. The molecule has 0 aromatic heterocycles. The molecule has 0 fully saturated rings. The zero-order valence-corrected chi connectivity index (χ0v) is 6.20. The van der Waals surface area contributed by atoms with E-state index in [2.05, 4.69) is 0 Å². The minimum atomic E-state index is 0. The van der Waals surface area contributed by atoms with Gasteiger partial charge in [-0.25, -0.2) is 0 Å². The van der Waals surface area contributed by atoms with Crippen molar-refractivity contribution in [2.45, 2.75) is 0 Å². The molecule has 0 bridgehead atoms. The molecule has 0 unspecified atom stereocenters. The Bertz CT molecular complexity index is 8.00. The van der Waals surface area contributed by atoms with Crippen LogP contribution in [0.4, 0.5) is 0 Å². The molecular weight excluding hydrogens is 226 g/mol. The van der Waals surface area contributed by atoms with Gasteiger partial charge in [0.2, 0.25) is 0 Å². The number of hydrogen-bond donors (Lipinski definition) is 0. The first-order chi connectivity index (χ1) is 0. The molecule has 0 aliphatic rings. The SMILES string of the molecule is [Cr].[Mn].[SiH4].[Zr]. The van der Waals surface area contributed by atoms with Gasteiger partial charge in [-0.05, 0) is 11.0 Å². The Balaban J connectivity index is 0. The van der Waals surface area contributed by atoms with Gasteiger partial charge in [0.25, 0.3) is 0 Å². The zero-order chi connectivity index (χ0) is 0. The summed E-state index contributed by atoms with van der Waals surface area (Å²) >= 11 is 0. The summed E-state index contributed by atoms with van der Waals surface area (Å²) in [6, 6.07) is 0. The smallest absolute Gasteiger partial charge is 0 e. The van der Waals surface area contributed by atoms with Gasteiger partial charge in [0.1, 0.15) is 0 Å². The summed E-state index contributed by atoms with van der Waals surface area (Å²) in [5.41, 5.74) is 0. The molecule has 4 heavy (non-hydrogen) atoms. The predicted octanol–water partition coefficient (Wildman–Crippen LogP) is -1.46. The van der Waals surface area contributed by atoms with Gasteiger partial charge < -0.3 is 0 Å². The molecule has 25 valence electrons. The Morgan fingerprint density at radius 2 is 1.00 bits per heavy atom. The normalized spacial score (nSPS) is 0. The Hall–Kier alpha value is 2.15. The van der Waals surface area contributed by atoms with Crippen molar-refractivity contribution in [3.63, 3.8) is 0 Å². The van der Waals surface area contributed by atoms with Gasteiger partial charge in [-0.3, -0.25) is 0 Å². The molecular formula is H4CrMnSiZr. The Morgan fingerprint density at radius 3 is 1.00 bits per heavy atom. The fourth-order valence-corrected chi connectivity index (χ4v) is 0. The maximum absolute atomic E-state index is 0. The monoisotopic (exact) mass is 229 g/mol. The van der Waals surface area contributed by atoms with Gasteiger partial charge >= 0.3 is 0 Å². The molecule has 0 aromatic carbocycles. The molecule has 0 atom stereocenters. The number of hydrogen-bond acceptors (Lipinski definition) is 0. The largest absolute Gasteiger partial charge is 0.0149 e. The summed E-state index contributed by atoms with van der Waals surface area (Å²) in [6.07, 6.45) is 0. The van der Waals surface area contributed by atoms with Crippen LogP contribution in [-0.4, -0.2) is 11.0 Å². The van der Waals surface area contributed by atoms with E-state index in [0.29, 0.717) is 0 Å².